The Kier molecular flexibility index (Phi) is 9.14. The first-order valence-electron chi connectivity index (χ1n) is 8.75. The first-order valence-corrected chi connectivity index (χ1v) is 8.75. The molecule has 1 aromatic rings. The monoisotopic (exact) mass is 363 g/mol. The molecule has 8 heteroatoms. The number of carboxylic acids is 1. The molecule has 0 spiro atoms. The number of guanidine groups is 1. The van der Waals surface area contributed by atoms with Gasteiger partial charge in [-0.05, 0) is 31.2 Å². The van der Waals surface area contributed by atoms with Gasteiger partial charge in [-0.3, -0.25) is 9.79 Å². The van der Waals surface area contributed by atoms with Gasteiger partial charge in [-0.25, -0.2) is 4.79 Å². The second-order valence-electron chi connectivity index (χ2n) is 6.13. The largest absolute Gasteiger partial charge is 0.480 e. The van der Waals surface area contributed by atoms with E-state index >= 15 is 0 Å². The van der Waals surface area contributed by atoms with Gasteiger partial charge in [0.25, 0.3) is 0 Å². The number of hydrogen-bond acceptors (Lipinski definition) is 4. The summed E-state index contributed by atoms with van der Waals surface area (Å²) >= 11 is 0. The molecule has 1 amide bonds. The number of carboxylic acid groups (broad SMARTS) is 1. The van der Waals surface area contributed by atoms with Crippen LogP contribution in [0, 0.1) is 0 Å². The normalized spacial score (nSPS) is 12.8. The summed E-state index contributed by atoms with van der Waals surface area (Å²) in [5.41, 5.74) is 17.5. The quantitative estimate of drug-likeness (QED) is 0.252. The van der Waals surface area contributed by atoms with Crippen LogP contribution in [0.2, 0.25) is 0 Å². The number of hydrogen-bond donors (Lipinski definition) is 4. The van der Waals surface area contributed by atoms with Crippen molar-refractivity contribution in [2.75, 3.05) is 13.1 Å². The zero-order valence-electron chi connectivity index (χ0n) is 15.2. The molecule has 0 radical (unpaired) electrons. The molecule has 1 aromatic carbocycles. The number of nitrogens with zero attached hydrogens (tertiary/aromatic N) is 2. The lowest BCUT2D eigenvalue weighted by Gasteiger charge is -2.31. The maximum absolute atomic E-state index is 12.8. The van der Waals surface area contributed by atoms with Gasteiger partial charge in [-0.1, -0.05) is 37.3 Å². The molecule has 0 saturated carbocycles. The number of rotatable bonds is 11. The van der Waals surface area contributed by atoms with Crippen molar-refractivity contribution in [3.05, 3.63) is 35.9 Å². The second-order valence-corrected chi connectivity index (χ2v) is 6.13. The Hall–Kier alpha value is -2.61. The number of carbonyl (C=O) groups excluding carboxylic acids is 1. The molecule has 0 saturated heterocycles. The SMILES string of the molecule is CCCN(C(=O)[C@@H](N)Cc1ccccc1)[C@@H](CCCN=C(N)N)C(=O)O. The summed E-state index contributed by atoms with van der Waals surface area (Å²) in [6.45, 7) is 2.54. The number of carbonyl (C=O) groups is 2. The van der Waals surface area contributed by atoms with E-state index in [1.807, 2.05) is 37.3 Å². The third-order valence-corrected chi connectivity index (χ3v) is 3.95. The van der Waals surface area contributed by atoms with E-state index in [0.717, 1.165) is 5.56 Å². The highest BCUT2D eigenvalue weighted by atomic mass is 16.4. The summed E-state index contributed by atoms with van der Waals surface area (Å²) in [6.07, 6.45) is 1.72. The van der Waals surface area contributed by atoms with Gasteiger partial charge in [-0.2, -0.15) is 0 Å². The van der Waals surface area contributed by atoms with E-state index in [1.54, 1.807) is 0 Å². The standard InChI is InChI=1S/C18H29N5O3/c1-2-11-23(15(17(25)26)9-6-10-22-18(20)21)16(24)14(19)12-13-7-4-3-5-8-13/h3-5,7-8,14-15H,2,6,9-12,19H2,1H3,(H,25,26)(H4,20,21,22)/t14-,15-/m0/s1. The highest BCUT2D eigenvalue weighted by molar-refractivity contribution is 5.87. The van der Waals surface area contributed by atoms with Gasteiger partial charge in [0, 0.05) is 13.1 Å². The summed E-state index contributed by atoms with van der Waals surface area (Å²) in [5.74, 6) is -1.45. The van der Waals surface area contributed by atoms with Gasteiger partial charge in [0.05, 0.1) is 6.04 Å². The molecule has 0 aliphatic carbocycles. The predicted octanol–water partition coefficient (Wildman–Crippen LogP) is 0.302. The van der Waals surface area contributed by atoms with Crippen molar-refractivity contribution in [2.45, 2.75) is 44.7 Å². The van der Waals surface area contributed by atoms with E-state index in [0.29, 0.717) is 32.4 Å². The van der Waals surface area contributed by atoms with Gasteiger partial charge in [-0.15, -0.1) is 0 Å². The highest BCUT2D eigenvalue weighted by Gasteiger charge is 2.31. The van der Waals surface area contributed by atoms with Crippen LogP contribution in [0.4, 0.5) is 0 Å². The van der Waals surface area contributed by atoms with Crippen LogP contribution in [-0.2, 0) is 16.0 Å². The van der Waals surface area contributed by atoms with Crippen LogP contribution in [0.3, 0.4) is 0 Å². The molecule has 26 heavy (non-hydrogen) atoms. The van der Waals surface area contributed by atoms with Crippen molar-refractivity contribution in [1.29, 1.82) is 0 Å². The average molecular weight is 363 g/mol. The van der Waals surface area contributed by atoms with Gasteiger partial charge in [0.2, 0.25) is 5.91 Å². The van der Waals surface area contributed by atoms with Crippen molar-refractivity contribution in [3.63, 3.8) is 0 Å². The molecule has 2 atom stereocenters. The molecule has 0 heterocycles. The number of nitrogens with two attached hydrogens (primary N) is 3. The van der Waals surface area contributed by atoms with E-state index in [4.69, 9.17) is 17.2 Å². The van der Waals surface area contributed by atoms with E-state index in [-0.39, 0.29) is 18.3 Å². The van der Waals surface area contributed by atoms with Crippen molar-refractivity contribution >= 4 is 17.8 Å². The Morgan fingerprint density at radius 3 is 2.42 bits per heavy atom. The van der Waals surface area contributed by atoms with Crippen LogP contribution in [0.5, 0.6) is 0 Å². The molecular weight excluding hydrogens is 334 g/mol. The topological polar surface area (TPSA) is 148 Å². The molecule has 7 N–H and O–H groups in total. The van der Waals surface area contributed by atoms with Crippen molar-refractivity contribution in [2.24, 2.45) is 22.2 Å². The molecule has 1 rings (SSSR count). The molecule has 0 aliphatic heterocycles. The summed E-state index contributed by atoms with van der Waals surface area (Å²) < 4.78 is 0. The first-order chi connectivity index (χ1) is 12.4. The Balaban J connectivity index is 2.81. The molecular formula is C18H29N5O3. The smallest absolute Gasteiger partial charge is 0.326 e. The van der Waals surface area contributed by atoms with Crippen molar-refractivity contribution in [1.82, 2.24) is 4.90 Å². The van der Waals surface area contributed by atoms with Crippen LogP contribution < -0.4 is 17.2 Å². The number of amides is 1. The zero-order valence-corrected chi connectivity index (χ0v) is 15.2. The summed E-state index contributed by atoms with van der Waals surface area (Å²) in [6, 6.07) is 7.68. The summed E-state index contributed by atoms with van der Waals surface area (Å²) in [7, 11) is 0. The van der Waals surface area contributed by atoms with E-state index in [2.05, 4.69) is 4.99 Å². The van der Waals surface area contributed by atoms with E-state index in [1.165, 1.54) is 4.90 Å². The van der Waals surface area contributed by atoms with Crippen LogP contribution in [0.15, 0.2) is 35.3 Å². The second kappa shape index (κ2) is 11.1. The zero-order chi connectivity index (χ0) is 19.5. The molecule has 0 aliphatic rings. The minimum absolute atomic E-state index is 0.0387. The summed E-state index contributed by atoms with van der Waals surface area (Å²) in [5, 5.41) is 9.58. The Labute approximate surface area is 154 Å². The van der Waals surface area contributed by atoms with Crippen LogP contribution in [0.1, 0.15) is 31.7 Å². The van der Waals surface area contributed by atoms with Crippen molar-refractivity contribution < 1.29 is 14.7 Å². The fraction of sp³-hybridized carbons (Fsp3) is 0.500. The van der Waals surface area contributed by atoms with Crippen LogP contribution >= 0.6 is 0 Å². The number of benzene rings is 1. The van der Waals surface area contributed by atoms with Crippen LogP contribution in [0.25, 0.3) is 0 Å². The Morgan fingerprint density at radius 1 is 1.23 bits per heavy atom. The van der Waals surface area contributed by atoms with Crippen molar-refractivity contribution in [3.8, 4) is 0 Å². The lowest BCUT2D eigenvalue weighted by Crippen LogP contribution is -2.52. The third kappa shape index (κ3) is 7.10. The van der Waals surface area contributed by atoms with Crippen LogP contribution in [-0.4, -0.2) is 53.0 Å². The number of aliphatic imine (C=N–C) groups is 1. The molecule has 0 fully saturated rings. The molecule has 0 bridgehead atoms. The Morgan fingerprint density at radius 2 is 1.88 bits per heavy atom. The summed E-state index contributed by atoms with van der Waals surface area (Å²) in [4.78, 5) is 29.7. The van der Waals surface area contributed by atoms with Gasteiger partial charge in [0.1, 0.15) is 6.04 Å². The van der Waals surface area contributed by atoms with Gasteiger partial charge in [0.15, 0.2) is 5.96 Å². The van der Waals surface area contributed by atoms with E-state index < -0.39 is 18.1 Å². The molecule has 0 unspecified atom stereocenters. The van der Waals surface area contributed by atoms with Gasteiger partial charge >= 0.3 is 5.97 Å². The maximum Gasteiger partial charge on any atom is 0.326 e. The minimum atomic E-state index is -1.05. The maximum atomic E-state index is 12.8. The van der Waals surface area contributed by atoms with Gasteiger partial charge < -0.3 is 27.2 Å². The lowest BCUT2D eigenvalue weighted by molar-refractivity contribution is -0.151. The third-order valence-electron chi connectivity index (χ3n) is 3.95. The minimum Gasteiger partial charge on any atom is -0.480 e. The predicted molar refractivity (Wildman–Crippen MR) is 101 cm³/mol. The van der Waals surface area contributed by atoms with E-state index in [9.17, 15) is 14.7 Å². The average Bonchev–Trinajstić information content (AvgIpc) is 2.60. The fourth-order valence-corrected chi connectivity index (χ4v) is 2.73. The first kappa shape index (κ1) is 21.4. The molecule has 8 nitrogen and oxygen atoms in total. The highest BCUT2D eigenvalue weighted by Crippen LogP contribution is 2.13. The fourth-order valence-electron chi connectivity index (χ4n) is 2.73. The molecule has 144 valence electrons. The lowest BCUT2D eigenvalue weighted by atomic mass is 10.0. The Bertz CT molecular complexity index is 602. The number of aliphatic carboxylic acids is 1. The molecule has 0 aromatic heterocycles.